The Balaban J connectivity index is 0.00000242. The molecule has 120 valence electrons. The van der Waals surface area contributed by atoms with E-state index in [1.165, 1.54) is 12.1 Å². The van der Waals surface area contributed by atoms with E-state index < -0.39 is 0 Å². The van der Waals surface area contributed by atoms with Crippen LogP contribution in [0, 0.1) is 5.82 Å². The number of nitrogens with zero attached hydrogens (tertiary/aromatic N) is 1. The second kappa shape index (κ2) is 8.27. The van der Waals surface area contributed by atoms with Gasteiger partial charge in [-0.2, -0.15) is 0 Å². The summed E-state index contributed by atoms with van der Waals surface area (Å²) in [4.78, 5) is 15.8. The van der Waals surface area contributed by atoms with E-state index in [-0.39, 0.29) is 36.7 Å². The summed E-state index contributed by atoms with van der Waals surface area (Å²) in [5, 5.41) is 0. The molecule has 0 atom stereocenters. The predicted molar refractivity (Wildman–Crippen MR) is 91.7 cm³/mol. The van der Waals surface area contributed by atoms with Gasteiger partial charge in [-0.15, -0.1) is 23.7 Å². The van der Waals surface area contributed by atoms with Crippen molar-refractivity contribution in [3.05, 3.63) is 47.1 Å². The predicted octanol–water partition coefficient (Wildman–Crippen LogP) is 3.67. The lowest BCUT2D eigenvalue weighted by atomic mass is 10.2. The van der Waals surface area contributed by atoms with Crippen molar-refractivity contribution in [2.75, 3.05) is 6.54 Å². The van der Waals surface area contributed by atoms with E-state index in [2.05, 4.69) is 0 Å². The summed E-state index contributed by atoms with van der Waals surface area (Å²) in [6.45, 7) is 4.53. The molecule has 0 bridgehead atoms. The molecule has 0 spiro atoms. The highest BCUT2D eigenvalue weighted by atomic mass is 35.5. The first kappa shape index (κ1) is 18.6. The molecule has 0 radical (unpaired) electrons. The number of nitrogens with two attached hydrogens (primary N) is 1. The van der Waals surface area contributed by atoms with E-state index in [0.717, 1.165) is 15.3 Å². The minimum Gasteiger partial charge on any atom is -0.334 e. The lowest BCUT2D eigenvalue weighted by molar-refractivity contribution is -0.131. The fourth-order valence-corrected chi connectivity index (χ4v) is 3.09. The monoisotopic (exact) mass is 342 g/mol. The SMILES string of the molecule is CC(C)N(Cc1ccc(-c2ccc(F)cc2)s1)C(=O)CN.Cl. The molecule has 2 N–H and O–H groups in total. The smallest absolute Gasteiger partial charge is 0.236 e. The van der Waals surface area contributed by atoms with Gasteiger partial charge in [0, 0.05) is 15.8 Å². The largest absolute Gasteiger partial charge is 0.334 e. The molecule has 0 aliphatic heterocycles. The zero-order valence-electron chi connectivity index (χ0n) is 12.6. The van der Waals surface area contributed by atoms with Gasteiger partial charge in [0.15, 0.2) is 0 Å². The van der Waals surface area contributed by atoms with E-state index in [4.69, 9.17) is 5.73 Å². The number of hydrogen-bond donors (Lipinski definition) is 1. The Hall–Kier alpha value is -1.43. The van der Waals surface area contributed by atoms with Crippen LogP contribution in [0.15, 0.2) is 36.4 Å². The van der Waals surface area contributed by atoms with E-state index in [1.54, 1.807) is 28.4 Å². The summed E-state index contributed by atoms with van der Waals surface area (Å²) < 4.78 is 12.9. The van der Waals surface area contributed by atoms with Gasteiger partial charge in [-0.25, -0.2) is 4.39 Å². The highest BCUT2D eigenvalue weighted by Crippen LogP contribution is 2.29. The molecule has 0 saturated carbocycles. The van der Waals surface area contributed by atoms with Crippen LogP contribution in [0.4, 0.5) is 4.39 Å². The summed E-state index contributed by atoms with van der Waals surface area (Å²) in [5.74, 6) is -0.295. The van der Waals surface area contributed by atoms with Crippen molar-refractivity contribution in [2.45, 2.75) is 26.4 Å². The van der Waals surface area contributed by atoms with Crippen molar-refractivity contribution < 1.29 is 9.18 Å². The summed E-state index contributed by atoms with van der Waals surface area (Å²) in [6.07, 6.45) is 0. The third-order valence-electron chi connectivity index (χ3n) is 3.23. The number of rotatable bonds is 5. The molecule has 2 aromatic rings. The first-order valence-corrected chi connectivity index (χ1v) is 7.67. The molecule has 6 heteroatoms. The molecule has 0 aliphatic carbocycles. The lowest BCUT2D eigenvalue weighted by Gasteiger charge is -2.25. The van der Waals surface area contributed by atoms with Gasteiger partial charge in [0.25, 0.3) is 0 Å². The molecular weight excluding hydrogens is 323 g/mol. The van der Waals surface area contributed by atoms with Crippen molar-refractivity contribution in [1.29, 1.82) is 0 Å². The van der Waals surface area contributed by atoms with E-state index in [1.807, 2.05) is 26.0 Å². The van der Waals surface area contributed by atoms with Gasteiger partial charge in [0.05, 0.1) is 13.1 Å². The van der Waals surface area contributed by atoms with Gasteiger partial charge in [0.2, 0.25) is 5.91 Å². The molecule has 2 rings (SSSR count). The number of carbonyl (C=O) groups is 1. The van der Waals surface area contributed by atoms with Crippen LogP contribution in [0.1, 0.15) is 18.7 Å². The minimum absolute atomic E-state index is 0. The molecule has 1 aromatic heterocycles. The summed E-state index contributed by atoms with van der Waals surface area (Å²) in [6, 6.07) is 10.5. The third-order valence-corrected chi connectivity index (χ3v) is 4.35. The maximum atomic E-state index is 12.9. The van der Waals surface area contributed by atoms with Crippen molar-refractivity contribution in [3.8, 4) is 10.4 Å². The number of hydrogen-bond acceptors (Lipinski definition) is 3. The number of amides is 1. The van der Waals surface area contributed by atoms with Crippen LogP contribution in [0.25, 0.3) is 10.4 Å². The van der Waals surface area contributed by atoms with Gasteiger partial charge >= 0.3 is 0 Å². The molecule has 1 amide bonds. The Bertz CT molecular complexity index is 613. The fourth-order valence-electron chi connectivity index (χ4n) is 2.08. The molecule has 0 fully saturated rings. The van der Waals surface area contributed by atoms with Gasteiger partial charge < -0.3 is 10.6 Å². The number of benzene rings is 1. The third kappa shape index (κ3) is 4.53. The summed E-state index contributed by atoms with van der Waals surface area (Å²) in [5.41, 5.74) is 6.43. The highest BCUT2D eigenvalue weighted by molar-refractivity contribution is 7.15. The fraction of sp³-hybridized carbons (Fsp3) is 0.312. The number of halogens is 2. The standard InChI is InChI=1S/C16H19FN2OS.ClH/c1-11(2)19(16(20)9-18)10-14-7-8-15(21-14)12-3-5-13(17)6-4-12;/h3-8,11H,9-10,18H2,1-2H3;1H. The Labute approximate surface area is 140 Å². The van der Waals surface area contributed by atoms with Crippen LogP contribution in [-0.4, -0.2) is 23.4 Å². The normalized spacial score (nSPS) is 10.4. The molecule has 0 aliphatic rings. The van der Waals surface area contributed by atoms with Crippen LogP contribution < -0.4 is 5.73 Å². The Morgan fingerprint density at radius 1 is 1.23 bits per heavy atom. The van der Waals surface area contributed by atoms with Gasteiger partial charge in [-0.3, -0.25) is 4.79 Å². The molecule has 0 unspecified atom stereocenters. The molecule has 1 heterocycles. The van der Waals surface area contributed by atoms with Crippen molar-refractivity contribution in [1.82, 2.24) is 4.90 Å². The maximum absolute atomic E-state index is 12.9. The average molecular weight is 343 g/mol. The number of thiophene rings is 1. The van der Waals surface area contributed by atoms with Gasteiger partial charge in [-0.05, 0) is 43.7 Å². The summed E-state index contributed by atoms with van der Waals surface area (Å²) >= 11 is 1.61. The van der Waals surface area contributed by atoms with E-state index >= 15 is 0 Å². The molecule has 0 saturated heterocycles. The molecule has 22 heavy (non-hydrogen) atoms. The topological polar surface area (TPSA) is 46.3 Å². The van der Waals surface area contributed by atoms with Crippen LogP contribution in [-0.2, 0) is 11.3 Å². The van der Waals surface area contributed by atoms with Crippen molar-refractivity contribution >= 4 is 29.7 Å². The highest BCUT2D eigenvalue weighted by Gasteiger charge is 2.16. The van der Waals surface area contributed by atoms with Gasteiger partial charge in [-0.1, -0.05) is 12.1 Å². The second-order valence-electron chi connectivity index (χ2n) is 5.09. The van der Waals surface area contributed by atoms with Crippen molar-refractivity contribution in [3.63, 3.8) is 0 Å². The van der Waals surface area contributed by atoms with Crippen LogP contribution in [0.2, 0.25) is 0 Å². The van der Waals surface area contributed by atoms with Crippen LogP contribution >= 0.6 is 23.7 Å². The van der Waals surface area contributed by atoms with Crippen molar-refractivity contribution in [2.24, 2.45) is 5.73 Å². The van der Waals surface area contributed by atoms with Gasteiger partial charge in [0.1, 0.15) is 5.82 Å². The number of carbonyl (C=O) groups excluding carboxylic acids is 1. The maximum Gasteiger partial charge on any atom is 0.236 e. The minimum atomic E-state index is -0.241. The zero-order valence-corrected chi connectivity index (χ0v) is 14.2. The first-order valence-electron chi connectivity index (χ1n) is 6.85. The first-order chi connectivity index (χ1) is 10.0. The molecule has 1 aromatic carbocycles. The Kier molecular flexibility index (Phi) is 7.00. The average Bonchev–Trinajstić information content (AvgIpc) is 2.93. The molecule has 3 nitrogen and oxygen atoms in total. The summed E-state index contributed by atoms with van der Waals surface area (Å²) in [7, 11) is 0. The Morgan fingerprint density at radius 3 is 2.41 bits per heavy atom. The van der Waals surface area contributed by atoms with Crippen LogP contribution in [0.5, 0.6) is 0 Å². The quantitative estimate of drug-likeness (QED) is 0.901. The Morgan fingerprint density at radius 2 is 1.86 bits per heavy atom. The van der Waals surface area contributed by atoms with E-state index in [9.17, 15) is 9.18 Å². The van der Waals surface area contributed by atoms with Crippen LogP contribution in [0.3, 0.4) is 0 Å². The zero-order chi connectivity index (χ0) is 15.4. The lowest BCUT2D eigenvalue weighted by Crippen LogP contribution is -2.40. The second-order valence-corrected chi connectivity index (χ2v) is 6.26. The van der Waals surface area contributed by atoms with E-state index in [0.29, 0.717) is 6.54 Å². The molecular formula is C16H20ClFN2OS.